The molecule has 5 rings (SSSR count). The normalized spacial score (nSPS) is 22.5. The number of nitrogens with one attached hydrogen (secondary N) is 1. The smallest absolute Gasteiger partial charge is 0.223 e. The number of ether oxygens (including phenoxy) is 2. The van der Waals surface area contributed by atoms with Crippen LogP contribution in [0.1, 0.15) is 48.7 Å². The predicted molar refractivity (Wildman–Crippen MR) is 110 cm³/mol. The Bertz CT molecular complexity index is 885. The van der Waals surface area contributed by atoms with Crippen LogP contribution < -0.4 is 10.1 Å². The number of piperidine rings is 1. The van der Waals surface area contributed by atoms with Crippen LogP contribution in [0, 0.1) is 5.92 Å². The summed E-state index contributed by atoms with van der Waals surface area (Å²) in [4.78, 5) is 14.4. The maximum atomic E-state index is 12.0. The molecule has 1 unspecified atom stereocenters. The molecule has 0 radical (unpaired) electrons. The van der Waals surface area contributed by atoms with Gasteiger partial charge in [0.25, 0.3) is 0 Å². The molecule has 3 aliphatic rings. The van der Waals surface area contributed by atoms with E-state index in [9.17, 15) is 4.79 Å². The first kappa shape index (κ1) is 19.5. The van der Waals surface area contributed by atoms with Crippen LogP contribution in [-0.2, 0) is 29.2 Å². The highest BCUT2D eigenvalue weighted by Gasteiger charge is 2.32. The molecule has 1 aromatic carbocycles. The van der Waals surface area contributed by atoms with Gasteiger partial charge in [0, 0.05) is 31.6 Å². The summed E-state index contributed by atoms with van der Waals surface area (Å²) in [7, 11) is 1.67. The van der Waals surface area contributed by atoms with E-state index in [4.69, 9.17) is 9.47 Å². The lowest BCUT2D eigenvalue weighted by molar-refractivity contribution is -0.123. The van der Waals surface area contributed by atoms with Crippen LogP contribution >= 0.6 is 0 Å². The number of aromatic nitrogens is 3. The Balaban J connectivity index is 1.15. The van der Waals surface area contributed by atoms with Crippen molar-refractivity contribution in [3.63, 3.8) is 0 Å². The number of likely N-dealkylation sites (tertiary alicyclic amines) is 1. The maximum absolute atomic E-state index is 12.0. The predicted octanol–water partition coefficient (Wildman–Crippen LogP) is 2.05. The number of nitrogens with zero attached hydrogens (tertiary/aromatic N) is 4. The van der Waals surface area contributed by atoms with Crippen molar-refractivity contribution in [3.05, 3.63) is 41.2 Å². The quantitative estimate of drug-likeness (QED) is 0.784. The summed E-state index contributed by atoms with van der Waals surface area (Å²) in [5, 5.41) is 12.1. The van der Waals surface area contributed by atoms with Crippen molar-refractivity contribution in [2.45, 2.75) is 57.5 Å². The average Bonchev–Trinajstić information content (AvgIpc) is 3.57. The molecule has 160 valence electrons. The van der Waals surface area contributed by atoms with Gasteiger partial charge in [-0.2, -0.15) is 0 Å². The van der Waals surface area contributed by atoms with Crippen LogP contribution in [0.3, 0.4) is 0 Å². The van der Waals surface area contributed by atoms with Gasteiger partial charge in [0.15, 0.2) is 0 Å². The van der Waals surface area contributed by atoms with Gasteiger partial charge in [0.2, 0.25) is 5.91 Å². The third kappa shape index (κ3) is 4.20. The van der Waals surface area contributed by atoms with Crippen LogP contribution in [0.4, 0.5) is 0 Å². The third-order valence-electron chi connectivity index (χ3n) is 6.42. The number of hydrogen-bond donors (Lipinski definition) is 1. The Morgan fingerprint density at radius 2 is 1.97 bits per heavy atom. The first-order valence-electron chi connectivity index (χ1n) is 10.9. The molecule has 1 aliphatic carbocycles. The molecule has 1 aromatic heterocycles. The number of rotatable bonds is 6. The fourth-order valence-corrected chi connectivity index (χ4v) is 4.32. The van der Waals surface area contributed by atoms with E-state index in [2.05, 4.69) is 20.5 Å². The Kier molecular flexibility index (Phi) is 5.43. The summed E-state index contributed by atoms with van der Waals surface area (Å²) in [6.45, 7) is 3.92. The molecule has 0 bridgehead atoms. The van der Waals surface area contributed by atoms with E-state index in [0.29, 0.717) is 19.2 Å². The Labute approximate surface area is 176 Å². The summed E-state index contributed by atoms with van der Waals surface area (Å²) < 4.78 is 13.3. The first-order valence-corrected chi connectivity index (χ1v) is 10.9. The minimum absolute atomic E-state index is 0.0243. The Morgan fingerprint density at radius 1 is 1.20 bits per heavy atom. The lowest BCUT2D eigenvalue weighted by Gasteiger charge is -2.32. The number of methoxy groups -OCH3 is 1. The molecule has 2 aromatic rings. The number of carbonyl (C=O) groups is 1. The molecule has 2 fully saturated rings. The van der Waals surface area contributed by atoms with Crippen LogP contribution in [0.15, 0.2) is 24.3 Å². The Hall–Kier alpha value is -2.45. The van der Waals surface area contributed by atoms with Gasteiger partial charge in [0.1, 0.15) is 17.5 Å². The van der Waals surface area contributed by atoms with Gasteiger partial charge in [-0.3, -0.25) is 9.69 Å². The number of fused-ring (bicyclic) bond motifs is 1. The summed E-state index contributed by atoms with van der Waals surface area (Å²) >= 11 is 0. The zero-order chi connectivity index (χ0) is 20.5. The van der Waals surface area contributed by atoms with E-state index in [1.165, 1.54) is 0 Å². The summed E-state index contributed by atoms with van der Waals surface area (Å²) in [6.07, 6.45) is 4.09. The second-order valence-corrected chi connectivity index (χ2v) is 8.57. The van der Waals surface area contributed by atoms with Gasteiger partial charge < -0.3 is 14.8 Å². The molecule has 8 nitrogen and oxygen atoms in total. The van der Waals surface area contributed by atoms with E-state index in [-0.39, 0.29) is 17.9 Å². The SMILES string of the molecule is COc1ccc(C2Cn3nnc(CN4CCC(NC(=O)C5CC5)CC4)c3CO2)cc1. The van der Waals surface area contributed by atoms with Crippen molar-refractivity contribution in [2.75, 3.05) is 20.2 Å². The van der Waals surface area contributed by atoms with Crippen LogP contribution in [0.5, 0.6) is 5.75 Å². The van der Waals surface area contributed by atoms with E-state index in [1.807, 2.05) is 28.9 Å². The maximum Gasteiger partial charge on any atom is 0.223 e. The molecule has 1 amide bonds. The molecule has 8 heteroatoms. The highest BCUT2D eigenvalue weighted by Crippen LogP contribution is 2.30. The summed E-state index contributed by atoms with van der Waals surface area (Å²) in [5.74, 6) is 1.38. The van der Waals surface area contributed by atoms with Crippen LogP contribution in [-0.4, -0.2) is 52.0 Å². The molecule has 0 spiro atoms. The first-order chi connectivity index (χ1) is 14.7. The second-order valence-electron chi connectivity index (χ2n) is 8.57. The summed E-state index contributed by atoms with van der Waals surface area (Å²) in [5.41, 5.74) is 3.20. The van der Waals surface area contributed by atoms with Crippen molar-refractivity contribution in [1.29, 1.82) is 0 Å². The van der Waals surface area contributed by atoms with Crippen molar-refractivity contribution in [2.24, 2.45) is 5.92 Å². The van der Waals surface area contributed by atoms with E-state index >= 15 is 0 Å². The molecular formula is C22H29N5O3. The Morgan fingerprint density at radius 3 is 2.67 bits per heavy atom. The van der Waals surface area contributed by atoms with E-state index in [1.54, 1.807) is 7.11 Å². The van der Waals surface area contributed by atoms with Gasteiger partial charge in [-0.05, 0) is 43.4 Å². The van der Waals surface area contributed by atoms with Crippen LogP contribution in [0.25, 0.3) is 0 Å². The minimum Gasteiger partial charge on any atom is -0.497 e. The zero-order valence-corrected chi connectivity index (χ0v) is 17.4. The van der Waals surface area contributed by atoms with Crippen molar-refractivity contribution >= 4 is 5.91 Å². The summed E-state index contributed by atoms with van der Waals surface area (Å²) in [6, 6.07) is 8.31. The average molecular weight is 412 g/mol. The third-order valence-corrected chi connectivity index (χ3v) is 6.42. The fraction of sp³-hybridized carbons (Fsp3) is 0.591. The standard InChI is InChI=1S/C22H29N5O3/c1-29-18-6-4-15(5-7-18)21-13-27-20(14-30-21)19(24-25-27)12-26-10-8-17(9-11-26)23-22(28)16-2-3-16/h4-7,16-17,21H,2-3,8-14H2,1H3,(H,23,28). The molecule has 2 aliphatic heterocycles. The van der Waals surface area contributed by atoms with Gasteiger partial charge in [-0.25, -0.2) is 4.68 Å². The van der Waals surface area contributed by atoms with Crippen molar-refractivity contribution in [1.82, 2.24) is 25.2 Å². The van der Waals surface area contributed by atoms with Gasteiger partial charge in [-0.1, -0.05) is 17.3 Å². The number of amides is 1. The van der Waals surface area contributed by atoms with Gasteiger partial charge in [0.05, 0.1) is 26.0 Å². The highest BCUT2D eigenvalue weighted by atomic mass is 16.5. The number of hydrogen-bond acceptors (Lipinski definition) is 6. The molecule has 1 saturated heterocycles. The van der Waals surface area contributed by atoms with Crippen molar-refractivity contribution in [3.8, 4) is 5.75 Å². The molecule has 1 atom stereocenters. The molecule has 30 heavy (non-hydrogen) atoms. The number of carbonyl (C=O) groups excluding carboxylic acids is 1. The molecule has 3 heterocycles. The monoisotopic (exact) mass is 411 g/mol. The van der Waals surface area contributed by atoms with Gasteiger partial charge >= 0.3 is 0 Å². The lowest BCUT2D eigenvalue weighted by atomic mass is 10.0. The molecular weight excluding hydrogens is 382 g/mol. The lowest BCUT2D eigenvalue weighted by Crippen LogP contribution is -2.44. The fourth-order valence-electron chi connectivity index (χ4n) is 4.32. The minimum atomic E-state index is -0.0243. The van der Waals surface area contributed by atoms with Crippen LogP contribution in [0.2, 0.25) is 0 Å². The molecule has 1 N–H and O–H groups in total. The van der Waals surface area contributed by atoms with Gasteiger partial charge in [-0.15, -0.1) is 5.10 Å². The van der Waals surface area contributed by atoms with E-state index in [0.717, 1.165) is 68.0 Å². The van der Waals surface area contributed by atoms with Crippen molar-refractivity contribution < 1.29 is 14.3 Å². The highest BCUT2D eigenvalue weighted by molar-refractivity contribution is 5.81. The topological polar surface area (TPSA) is 81.5 Å². The largest absolute Gasteiger partial charge is 0.497 e. The molecule has 1 saturated carbocycles. The zero-order valence-electron chi connectivity index (χ0n) is 17.4. The number of benzene rings is 1. The second kappa shape index (κ2) is 8.35. The van der Waals surface area contributed by atoms with E-state index < -0.39 is 0 Å².